The molecule has 0 aliphatic heterocycles. The molecule has 0 aliphatic carbocycles. The maximum atomic E-state index is 13.7. The van der Waals surface area contributed by atoms with Crippen molar-refractivity contribution in [2.45, 2.75) is 12.8 Å². The number of fused-ring (bicyclic) bond motifs is 1. The van der Waals surface area contributed by atoms with Gasteiger partial charge in [0.05, 0.1) is 5.69 Å². The van der Waals surface area contributed by atoms with E-state index in [4.69, 9.17) is 0 Å². The van der Waals surface area contributed by atoms with E-state index in [1.807, 2.05) is 0 Å². The van der Waals surface area contributed by atoms with E-state index in [1.54, 1.807) is 0 Å². The normalized spacial score (nSPS) is 11.8. The fraction of sp³-hybridized carbons (Fsp3) is 0.100. The van der Waals surface area contributed by atoms with Crippen LogP contribution in [0.3, 0.4) is 0 Å². The maximum Gasteiger partial charge on any atom is 0.435 e. The number of nitrogens with zero attached hydrogens (tertiary/aromatic N) is 3. The summed E-state index contributed by atoms with van der Waals surface area (Å²) < 4.78 is 84.1. The largest absolute Gasteiger partial charge is 0.435 e. The van der Waals surface area contributed by atoms with Crippen molar-refractivity contribution >= 4 is 17.2 Å². The lowest BCUT2D eigenvalue weighted by atomic mass is 10.2. The summed E-state index contributed by atoms with van der Waals surface area (Å²) in [6.07, 6.45) is -3.89. The number of benzene rings is 1. The second kappa shape index (κ2) is 7.82. The van der Waals surface area contributed by atoms with Crippen molar-refractivity contribution in [2.75, 3.05) is 5.32 Å². The zero-order chi connectivity index (χ0) is 22.2. The number of imidazole rings is 1. The topological polar surface area (TPSA) is 51.5 Å². The Kier molecular flexibility index (Phi) is 5.17. The van der Waals surface area contributed by atoms with Crippen molar-refractivity contribution in [1.29, 1.82) is 0 Å². The molecule has 4 rings (SSSR count). The highest BCUT2D eigenvalue weighted by atomic mass is 19.4. The van der Waals surface area contributed by atoms with Crippen LogP contribution in [0.2, 0.25) is 0 Å². The molecule has 4 aromatic rings. The van der Waals surface area contributed by atoms with Gasteiger partial charge < -0.3 is 10.1 Å². The lowest BCUT2D eigenvalue weighted by Gasteiger charge is -2.11. The zero-order valence-corrected chi connectivity index (χ0v) is 15.4. The van der Waals surface area contributed by atoms with Crippen LogP contribution < -0.4 is 10.1 Å². The molecule has 5 nitrogen and oxygen atoms in total. The van der Waals surface area contributed by atoms with Crippen LogP contribution in [0, 0.1) is 5.82 Å². The molecule has 1 aromatic carbocycles. The molecule has 0 radical (unpaired) electrons. The Morgan fingerprint density at radius 3 is 2.35 bits per heavy atom. The highest BCUT2D eigenvalue weighted by Gasteiger charge is 2.38. The van der Waals surface area contributed by atoms with Crippen LogP contribution >= 0.6 is 0 Å². The molecule has 31 heavy (non-hydrogen) atoms. The molecule has 0 saturated carbocycles. The van der Waals surface area contributed by atoms with E-state index in [9.17, 15) is 26.3 Å². The molecule has 3 aromatic heterocycles. The summed E-state index contributed by atoms with van der Waals surface area (Å²) in [7, 11) is 0. The average molecular weight is 438 g/mol. The van der Waals surface area contributed by atoms with Gasteiger partial charge in [-0.3, -0.25) is 4.40 Å². The Bertz CT molecular complexity index is 1220. The van der Waals surface area contributed by atoms with Crippen LogP contribution in [-0.4, -0.2) is 21.0 Å². The minimum atomic E-state index is -4.79. The summed E-state index contributed by atoms with van der Waals surface area (Å²) in [4.78, 5) is 7.77. The van der Waals surface area contributed by atoms with Crippen molar-refractivity contribution in [2.24, 2.45) is 0 Å². The number of pyridine rings is 2. The van der Waals surface area contributed by atoms with Gasteiger partial charge in [0.2, 0.25) is 0 Å². The van der Waals surface area contributed by atoms with Gasteiger partial charge in [0, 0.05) is 11.9 Å². The summed E-state index contributed by atoms with van der Waals surface area (Å²) in [6, 6.07) is 11.9. The number of alkyl halides is 5. The summed E-state index contributed by atoms with van der Waals surface area (Å²) >= 11 is 0. The second-order valence-corrected chi connectivity index (χ2v) is 6.32. The van der Waals surface area contributed by atoms with Crippen LogP contribution in [0.15, 0.2) is 60.8 Å². The number of hydrogen-bond acceptors (Lipinski definition) is 4. The summed E-state index contributed by atoms with van der Waals surface area (Å²) in [5.74, 6) is -0.607. The average Bonchev–Trinajstić information content (AvgIpc) is 3.08. The van der Waals surface area contributed by atoms with Crippen molar-refractivity contribution < 1.29 is 31.1 Å². The van der Waals surface area contributed by atoms with Gasteiger partial charge >= 0.3 is 12.8 Å². The quantitative estimate of drug-likeness (QED) is 0.394. The lowest BCUT2D eigenvalue weighted by Crippen LogP contribution is -2.08. The van der Waals surface area contributed by atoms with Crippen molar-refractivity contribution in [3.8, 4) is 17.1 Å². The van der Waals surface area contributed by atoms with Gasteiger partial charge in [0.1, 0.15) is 28.7 Å². The number of halogens is 6. The second-order valence-electron chi connectivity index (χ2n) is 6.32. The van der Waals surface area contributed by atoms with Crippen LogP contribution in [0.5, 0.6) is 5.75 Å². The summed E-state index contributed by atoms with van der Waals surface area (Å²) in [6.45, 7) is -2.96. The monoisotopic (exact) mass is 438 g/mol. The number of nitrogens with one attached hydrogen (secondary N) is 1. The van der Waals surface area contributed by atoms with Crippen molar-refractivity contribution in [1.82, 2.24) is 14.4 Å². The Hall–Kier alpha value is -3.76. The van der Waals surface area contributed by atoms with Gasteiger partial charge in [-0.25, -0.2) is 14.4 Å². The third-order valence-electron chi connectivity index (χ3n) is 4.19. The Morgan fingerprint density at radius 2 is 1.68 bits per heavy atom. The molecule has 0 amide bonds. The third-order valence-corrected chi connectivity index (χ3v) is 4.19. The first-order valence-corrected chi connectivity index (χ1v) is 8.75. The fourth-order valence-electron chi connectivity index (χ4n) is 2.96. The molecule has 0 fully saturated rings. The minimum absolute atomic E-state index is 0.0511. The number of ether oxygens (including phenoxy) is 1. The van der Waals surface area contributed by atoms with Crippen LogP contribution in [0.25, 0.3) is 17.0 Å². The molecule has 3 heterocycles. The van der Waals surface area contributed by atoms with Crippen molar-refractivity contribution in [3.05, 3.63) is 72.3 Å². The predicted molar refractivity (Wildman–Crippen MR) is 99.7 cm³/mol. The molecular formula is C20H12F6N4O. The van der Waals surface area contributed by atoms with Crippen molar-refractivity contribution in [3.63, 3.8) is 0 Å². The molecule has 1 N–H and O–H groups in total. The molecule has 11 heteroatoms. The molecule has 0 bridgehead atoms. The highest BCUT2D eigenvalue weighted by Crippen LogP contribution is 2.37. The number of hydrogen-bond donors (Lipinski definition) is 1. The lowest BCUT2D eigenvalue weighted by molar-refractivity contribution is -0.140. The Labute approximate surface area is 170 Å². The van der Waals surface area contributed by atoms with E-state index in [0.717, 1.165) is 22.7 Å². The van der Waals surface area contributed by atoms with Gasteiger partial charge in [-0.15, -0.1) is 0 Å². The smallest absolute Gasteiger partial charge is 0.435 e. The van der Waals surface area contributed by atoms with Crippen LogP contribution in [0.1, 0.15) is 5.69 Å². The maximum absolute atomic E-state index is 13.7. The highest BCUT2D eigenvalue weighted by molar-refractivity contribution is 5.68. The van der Waals surface area contributed by atoms with Gasteiger partial charge in [-0.2, -0.15) is 22.0 Å². The first kappa shape index (κ1) is 20.5. The van der Waals surface area contributed by atoms with E-state index in [2.05, 4.69) is 20.0 Å². The Balaban J connectivity index is 1.72. The fourth-order valence-corrected chi connectivity index (χ4v) is 2.96. The number of aromatic nitrogens is 3. The van der Waals surface area contributed by atoms with Crippen LogP contribution in [0.4, 0.5) is 37.8 Å². The first-order chi connectivity index (χ1) is 14.7. The standard InChI is InChI=1S/C20H12F6N4O/c21-11-4-9-16-29-18(20(24,25)26)17(30(16)10-11)14-2-1-3-15(28-14)27-12-5-7-13(8-6-12)31-19(22)23/h1-10,19H,(H,27,28). The number of rotatable bonds is 5. The summed E-state index contributed by atoms with van der Waals surface area (Å²) in [5, 5.41) is 2.87. The van der Waals surface area contributed by atoms with Gasteiger partial charge in [-0.05, 0) is 48.5 Å². The van der Waals surface area contributed by atoms with E-state index in [0.29, 0.717) is 5.69 Å². The SMILES string of the molecule is Fc1ccc2nc(C(F)(F)F)c(-c3cccc(Nc4ccc(OC(F)F)cc4)n3)n2c1. The van der Waals surface area contributed by atoms with Gasteiger partial charge in [0.15, 0.2) is 5.69 Å². The minimum Gasteiger partial charge on any atom is -0.435 e. The molecule has 0 unspecified atom stereocenters. The van der Waals surface area contributed by atoms with Gasteiger partial charge in [-0.1, -0.05) is 6.07 Å². The van der Waals surface area contributed by atoms with Gasteiger partial charge in [0.25, 0.3) is 0 Å². The van der Waals surface area contributed by atoms with Crippen LogP contribution in [-0.2, 0) is 6.18 Å². The van der Waals surface area contributed by atoms with E-state index in [-0.39, 0.29) is 22.9 Å². The molecule has 0 atom stereocenters. The Morgan fingerprint density at radius 1 is 0.935 bits per heavy atom. The molecule has 160 valence electrons. The summed E-state index contributed by atoms with van der Waals surface area (Å²) in [5.41, 5.74) is -1.35. The molecular weight excluding hydrogens is 426 g/mol. The van der Waals surface area contributed by atoms with E-state index in [1.165, 1.54) is 42.5 Å². The third kappa shape index (κ3) is 4.39. The van der Waals surface area contributed by atoms with E-state index >= 15 is 0 Å². The number of anilines is 2. The predicted octanol–water partition coefficient (Wildman–Crippen LogP) is 5.90. The molecule has 0 saturated heterocycles. The first-order valence-electron chi connectivity index (χ1n) is 8.75. The zero-order valence-electron chi connectivity index (χ0n) is 15.4. The molecule has 0 aliphatic rings. The molecule has 0 spiro atoms. The van der Waals surface area contributed by atoms with E-state index < -0.39 is 30.0 Å².